The van der Waals surface area contributed by atoms with Crippen LogP contribution in [0, 0.1) is 10.1 Å². The summed E-state index contributed by atoms with van der Waals surface area (Å²) in [5, 5.41) is 11.1. The molecule has 0 aliphatic carbocycles. The molecule has 2 aromatic carbocycles. The van der Waals surface area contributed by atoms with E-state index in [1.54, 1.807) is 13.1 Å². The van der Waals surface area contributed by atoms with Gasteiger partial charge in [0.15, 0.2) is 11.8 Å². The number of benzene rings is 2. The van der Waals surface area contributed by atoms with E-state index in [1.165, 1.54) is 41.4 Å². The second kappa shape index (κ2) is 9.62. The lowest BCUT2D eigenvalue weighted by Crippen LogP contribution is -2.42. The number of carbonyl (C=O) groups is 2. The van der Waals surface area contributed by atoms with Gasteiger partial charge in [-0.15, -0.1) is 0 Å². The Morgan fingerprint density at radius 1 is 1.03 bits per heavy atom. The molecular formula is C23H21N3O5. The predicted octanol–water partition coefficient (Wildman–Crippen LogP) is 2.88. The van der Waals surface area contributed by atoms with Crippen molar-refractivity contribution in [1.29, 1.82) is 0 Å². The number of rotatable bonds is 8. The van der Waals surface area contributed by atoms with Crippen LogP contribution in [0.4, 0.5) is 5.69 Å². The quantitative estimate of drug-likeness (QED) is 0.242. The zero-order valence-corrected chi connectivity index (χ0v) is 16.9. The third-order valence-electron chi connectivity index (χ3n) is 4.91. The van der Waals surface area contributed by atoms with Crippen LogP contribution in [0.15, 0.2) is 83.8 Å². The van der Waals surface area contributed by atoms with E-state index in [0.29, 0.717) is 13.0 Å². The number of ketones is 1. The van der Waals surface area contributed by atoms with Crippen molar-refractivity contribution in [2.75, 3.05) is 13.6 Å². The highest BCUT2D eigenvalue weighted by Crippen LogP contribution is 2.20. The lowest BCUT2D eigenvalue weighted by atomic mass is 10.0. The van der Waals surface area contributed by atoms with Gasteiger partial charge in [0.2, 0.25) is 0 Å². The molecule has 31 heavy (non-hydrogen) atoms. The van der Waals surface area contributed by atoms with Crippen LogP contribution >= 0.6 is 0 Å². The van der Waals surface area contributed by atoms with Crippen LogP contribution in [0.2, 0.25) is 0 Å². The largest absolute Gasteiger partial charge is 0.343 e. The minimum Gasteiger partial charge on any atom is -0.343 e. The number of non-ortho nitro benzene ring substituents is 1. The van der Waals surface area contributed by atoms with Gasteiger partial charge in [0.25, 0.3) is 17.2 Å². The molecule has 158 valence electrons. The average Bonchev–Trinajstić information content (AvgIpc) is 2.79. The number of nitro groups is 1. The third-order valence-corrected chi connectivity index (χ3v) is 4.91. The molecule has 0 aliphatic rings. The molecule has 0 unspecified atom stereocenters. The van der Waals surface area contributed by atoms with Gasteiger partial charge in [-0.2, -0.15) is 0 Å². The Bertz CT molecular complexity index is 1160. The van der Waals surface area contributed by atoms with Crippen molar-refractivity contribution in [2.24, 2.45) is 0 Å². The number of likely N-dealkylation sites (N-methyl/N-ethyl adjacent to an activating group) is 1. The Kier molecular flexibility index (Phi) is 6.71. The molecule has 0 bridgehead atoms. The third kappa shape index (κ3) is 5.11. The zero-order valence-electron chi connectivity index (χ0n) is 16.9. The lowest BCUT2D eigenvalue weighted by molar-refractivity contribution is -0.384. The Morgan fingerprint density at radius 2 is 1.74 bits per heavy atom. The van der Waals surface area contributed by atoms with Crippen LogP contribution in [0.1, 0.15) is 22.0 Å². The van der Waals surface area contributed by atoms with E-state index >= 15 is 0 Å². The van der Waals surface area contributed by atoms with E-state index in [0.717, 1.165) is 16.2 Å². The molecule has 0 N–H and O–H groups in total. The van der Waals surface area contributed by atoms with Crippen molar-refractivity contribution in [3.63, 3.8) is 0 Å². The smallest absolute Gasteiger partial charge is 0.270 e. The topological polar surface area (TPSA) is 103 Å². The first kappa shape index (κ1) is 21.6. The number of nitrogens with zero attached hydrogens (tertiary/aromatic N) is 3. The molecule has 0 saturated carbocycles. The van der Waals surface area contributed by atoms with Gasteiger partial charge in [-0.25, -0.2) is 0 Å². The highest BCUT2D eigenvalue weighted by atomic mass is 16.6. The molecule has 0 radical (unpaired) electrons. The number of pyridine rings is 1. The van der Waals surface area contributed by atoms with Crippen LogP contribution in [0.25, 0.3) is 0 Å². The summed E-state index contributed by atoms with van der Waals surface area (Å²) in [6.45, 7) is 0.336. The number of aromatic nitrogens is 1. The van der Waals surface area contributed by atoms with Gasteiger partial charge < -0.3 is 4.90 Å². The number of hydrogen-bond donors (Lipinski definition) is 0. The van der Waals surface area contributed by atoms with E-state index in [9.17, 15) is 24.5 Å². The van der Waals surface area contributed by atoms with E-state index in [4.69, 9.17) is 0 Å². The van der Waals surface area contributed by atoms with Crippen molar-refractivity contribution >= 4 is 17.4 Å². The molecule has 0 fully saturated rings. The minimum absolute atomic E-state index is 0.0141. The molecule has 1 heterocycles. The molecule has 0 aliphatic heterocycles. The number of amides is 1. The van der Waals surface area contributed by atoms with E-state index in [-0.39, 0.29) is 11.3 Å². The molecule has 1 atom stereocenters. The van der Waals surface area contributed by atoms with Crippen LogP contribution in [0.5, 0.6) is 0 Å². The summed E-state index contributed by atoms with van der Waals surface area (Å²) in [7, 11) is 1.56. The average molecular weight is 419 g/mol. The van der Waals surface area contributed by atoms with Crippen LogP contribution in [-0.4, -0.2) is 39.7 Å². The lowest BCUT2D eigenvalue weighted by Gasteiger charge is -2.24. The molecule has 0 spiro atoms. The summed E-state index contributed by atoms with van der Waals surface area (Å²) >= 11 is 0. The Labute approximate surface area is 178 Å². The fraction of sp³-hybridized carbons (Fsp3) is 0.174. The van der Waals surface area contributed by atoms with Gasteiger partial charge in [-0.1, -0.05) is 48.5 Å². The molecule has 1 aromatic heterocycles. The number of carbonyl (C=O) groups excluding carboxylic acids is 2. The Hall–Kier alpha value is -4.07. The maximum atomic E-state index is 13.3. The van der Waals surface area contributed by atoms with Crippen molar-refractivity contribution in [3.8, 4) is 0 Å². The first-order chi connectivity index (χ1) is 14.9. The summed E-state index contributed by atoms with van der Waals surface area (Å²) in [5.41, 5.74) is 0.228. The molecule has 8 nitrogen and oxygen atoms in total. The SMILES string of the molecule is CN(CCc1ccccc1)C(=O)[C@H](C(=O)c1cccc([N+](=O)[O-])c1)n1ccccc1=O. The van der Waals surface area contributed by atoms with Gasteiger partial charge >= 0.3 is 0 Å². The molecule has 3 aromatic rings. The fourth-order valence-corrected chi connectivity index (χ4v) is 3.20. The number of hydrogen-bond acceptors (Lipinski definition) is 5. The van der Waals surface area contributed by atoms with E-state index < -0.39 is 28.2 Å². The van der Waals surface area contributed by atoms with Crippen LogP contribution < -0.4 is 5.56 Å². The highest BCUT2D eigenvalue weighted by Gasteiger charge is 2.32. The predicted molar refractivity (Wildman–Crippen MR) is 115 cm³/mol. The summed E-state index contributed by atoms with van der Waals surface area (Å²) < 4.78 is 1.06. The summed E-state index contributed by atoms with van der Waals surface area (Å²) in [4.78, 5) is 50.8. The molecular weight excluding hydrogens is 398 g/mol. The summed E-state index contributed by atoms with van der Waals surface area (Å²) in [5.74, 6) is -1.26. The van der Waals surface area contributed by atoms with Crippen molar-refractivity contribution in [3.05, 3.63) is 111 Å². The van der Waals surface area contributed by atoms with E-state index in [2.05, 4.69) is 0 Å². The highest BCUT2D eigenvalue weighted by molar-refractivity contribution is 6.12. The summed E-state index contributed by atoms with van der Waals surface area (Å²) in [6, 6.07) is 17.6. The zero-order chi connectivity index (χ0) is 22.4. The second-order valence-corrected chi connectivity index (χ2v) is 7.02. The van der Waals surface area contributed by atoms with Crippen LogP contribution in [0.3, 0.4) is 0 Å². The second-order valence-electron chi connectivity index (χ2n) is 7.02. The van der Waals surface area contributed by atoms with Crippen LogP contribution in [-0.2, 0) is 11.2 Å². The number of nitro benzene ring substituents is 1. The molecule has 8 heteroatoms. The summed E-state index contributed by atoms with van der Waals surface area (Å²) in [6.07, 6.45) is 1.94. The maximum absolute atomic E-state index is 13.3. The standard InChI is InChI=1S/C23H21N3O5/c1-24(15-13-17-8-3-2-4-9-17)23(29)21(25-14-6-5-12-20(25)27)22(28)18-10-7-11-19(16-18)26(30)31/h2-12,14,16,21H,13,15H2,1H3/t21-/m0/s1. The Morgan fingerprint density at radius 3 is 2.42 bits per heavy atom. The van der Waals surface area contributed by atoms with Gasteiger partial charge in [0.1, 0.15) is 0 Å². The van der Waals surface area contributed by atoms with Gasteiger partial charge in [0, 0.05) is 43.6 Å². The normalized spacial score (nSPS) is 11.5. The van der Waals surface area contributed by atoms with Crippen molar-refractivity contribution in [2.45, 2.75) is 12.5 Å². The fourth-order valence-electron chi connectivity index (χ4n) is 3.20. The van der Waals surface area contributed by atoms with E-state index in [1.807, 2.05) is 30.3 Å². The van der Waals surface area contributed by atoms with Gasteiger partial charge in [-0.3, -0.25) is 29.1 Å². The van der Waals surface area contributed by atoms with Gasteiger partial charge in [0.05, 0.1) is 4.92 Å². The van der Waals surface area contributed by atoms with Crippen molar-refractivity contribution in [1.82, 2.24) is 9.47 Å². The first-order valence-corrected chi connectivity index (χ1v) is 9.63. The monoisotopic (exact) mass is 419 g/mol. The number of Topliss-reactive ketones (excluding diaryl/α,β-unsaturated/α-hetero) is 1. The molecule has 1 amide bonds. The molecule has 0 saturated heterocycles. The minimum atomic E-state index is -1.46. The van der Waals surface area contributed by atoms with Gasteiger partial charge in [-0.05, 0) is 18.1 Å². The van der Waals surface area contributed by atoms with Crippen molar-refractivity contribution < 1.29 is 14.5 Å². The molecule has 3 rings (SSSR count). The Balaban J connectivity index is 1.93. The maximum Gasteiger partial charge on any atom is 0.270 e. The first-order valence-electron chi connectivity index (χ1n) is 9.63.